The Morgan fingerprint density at radius 1 is 0.631 bits per heavy atom. The molecule has 0 radical (unpaired) electrons. The number of anilines is 1. The van der Waals surface area contributed by atoms with E-state index >= 15 is 28.8 Å². The van der Waals surface area contributed by atoms with E-state index in [1.54, 1.807) is 27.1 Å². The first-order chi connectivity index (χ1) is 58.4. The van der Waals surface area contributed by atoms with Crippen molar-refractivity contribution in [1.82, 2.24) is 37.2 Å². The number of halogens is 2. The Balaban J connectivity index is 0.972. The first kappa shape index (κ1) is 89.5. The first-order valence-electron chi connectivity index (χ1n) is 41.4. The second-order valence-electron chi connectivity index (χ2n) is 33.3. The van der Waals surface area contributed by atoms with Crippen LogP contribution >= 0.6 is 23.2 Å². The molecule has 10 aliphatic rings. The number of ketones is 3. The molecule has 5 fully saturated rings. The molecule has 654 valence electrons. The number of phenolic OH excluding ortho intramolecular Hbond substituents is 3. The molecule has 15 bridgehead atoms. The number of carbonyl (C=O) groups is 9. The lowest BCUT2D eigenvalue weighted by Crippen LogP contribution is -2.60. The molecular formula is C88H105Cl2N9O23. The highest BCUT2D eigenvalue weighted by molar-refractivity contribution is 6.32. The zero-order valence-corrected chi connectivity index (χ0v) is 69.6. The molecule has 16 rings (SSSR count). The third-order valence-electron chi connectivity index (χ3n) is 24.3. The summed E-state index contributed by atoms with van der Waals surface area (Å²) in [5, 5.41) is 116. The van der Waals surface area contributed by atoms with Gasteiger partial charge in [-0.15, -0.1) is 0 Å². The van der Waals surface area contributed by atoms with Crippen LogP contribution in [0.4, 0.5) is 10.5 Å². The summed E-state index contributed by atoms with van der Waals surface area (Å²) in [5.74, 6) is -15.4. The molecule has 7 amide bonds. The average molecular weight is 1730 g/mol. The van der Waals surface area contributed by atoms with Gasteiger partial charge in [0, 0.05) is 67.1 Å². The molecule has 1 saturated heterocycles. The van der Waals surface area contributed by atoms with Gasteiger partial charge in [-0.2, -0.15) is 0 Å². The number of aliphatic hydroxyl groups excluding tert-OH is 5. The number of hydrogen-bond donors (Lipinski definition) is 17. The summed E-state index contributed by atoms with van der Waals surface area (Å²) in [7, 11) is 3.58. The molecule has 6 aromatic carbocycles. The van der Waals surface area contributed by atoms with Crippen LogP contribution < -0.4 is 72.0 Å². The largest absolute Gasteiger partial charge is 0.508 e. The second kappa shape index (κ2) is 39.1. The minimum Gasteiger partial charge on any atom is -0.508 e. The summed E-state index contributed by atoms with van der Waals surface area (Å²) in [5.41, 5.74) is 4.56. The maximum absolute atomic E-state index is 16.7. The molecule has 34 heteroatoms. The number of benzene rings is 6. The van der Waals surface area contributed by atoms with E-state index in [4.69, 9.17) is 57.4 Å². The van der Waals surface area contributed by atoms with Crippen molar-refractivity contribution in [2.75, 3.05) is 52.3 Å². The highest BCUT2D eigenvalue weighted by Crippen LogP contribution is 2.58. The SMILES string of the molecule is CC[C@H](CC(C)C)C(=O)N[C@H]1C(=O)C[C@@H](CC(=O)NC(=O)Nc2ccc(OCCCNC)c(OCCCNC)c2)C(=O)N[C@H]2C(=O)C[C@H]3C(=O)N[C@H](C(=O)N[C@H](C(=O)CC4C5CC6CC(C5)CC4C6)c4cc(O)cc(O)c4-c4cc3ccc4O)[C@H](O)c3ccc(c(Cl)c3)Oc3cc2cc(c3O[C@@H]2O[C@H](CN)[C@@H](O)[C@H](O)[C@H]2O)Oc2ccc(cc2Cl)[C@H]1O. The van der Waals surface area contributed by atoms with Gasteiger partial charge in [-0.25, -0.2) is 4.79 Å². The van der Waals surface area contributed by atoms with Gasteiger partial charge in [-0.1, -0.05) is 62.2 Å². The Hall–Kier alpha value is -10.2. The molecule has 6 heterocycles. The number of nitrogens with one attached hydrogen (secondary N) is 8. The molecule has 4 saturated carbocycles. The fraction of sp³-hybridized carbons (Fsp3) is 0.489. The number of hydrogen-bond acceptors (Lipinski definition) is 26. The van der Waals surface area contributed by atoms with Crippen LogP contribution in [0.3, 0.4) is 0 Å². The van der Waals surface area contributed by atoms with Crippen molar-refractivity contribution in [3.8, 4) is 68.6 Å². The molecule has 0 aromatic heterocycles. The number of nitrogens with two attached hydrogens (primary N) is 1. The highest BCUT2D eigenvalue weighted by Gasteiger charge is 2.51. The molecule has 6 aliphatic heterocycles. The molecule has 6 aromatic rings. The number of phenols is 3. The number of imide groups is 1. The van der Waals surface area contributed by atoms with Crippen molar-refractivity contribution in [3.05, 3.63) is 135 Å². The summed E-state index contributed by atoms with van der Waals surface area (Å²) in [6.45, 7) is 6.86. The Labute approximate surface area is 713 Å². The number of carbonyl (C=O) groups excluding carboxylic acids is 9. The van der Waals surface area contributed by atoms with Crippen molar-refractivity contribution >= 4 is 81.8 Å². The van der Waals surface area contributed by atoms with Crippen LogP contribution in [-0.2, 0) is 43.1 Å². The lowest BCUT2D eigenvalue weighted by molar-refractivity contribution is -0.270. The highest BCUT2D eigenvalue weighted by atomic mass is 35.5. The van der Waals surface area contributed by atoms with Gasteiger partial charge < -0.3 is 112 Å². The van der Waals surface area contributed by atoms with Crippen molar-refractivity contribution in [2.24, 2.45) is 53.1 Å². The van der Waals surface area contributed by atoms with Gasteiger partial charge in [0.05, 0.1) is 35.1 Å². The molecule has 122 heavy (non-hydrogen) atoms. The minimum atomic E-state index is -2.23. The van der Waals surface area contributed by atoms with E-state index < -0.39 is 198 Å². The van der Waals surface area contributed by atoms with Crippen LogP contribution in [0.5, 0.6) is 57.5 Å². The van der Waals surface area contributed by atoms with Gasteiger partial charge in [0.2, 0.25) is 41.6 Å². The summed E-state index contributed by atoms with van der Waals surface area (Å²) >= 11 is 14.4. The smallest absolute Gasteiger partial charge is 0.325 e. The normalized spacial score (nSPS) is 27.1. The number of aromatic hydroxyl groups is 3. The molecule has 32 nitrogen and oxygen atoms in total. The number of aliphatic hydroxyl groups is 5. The average Bonchev–Trinajstić information content (AvgIpc) is 0.757. The Bertz CT molecular complexity index is 4910. The standard InChI is InChI=1S/C88H105Cl2N9O23/c1-6-43(21-40(2)3)83(112)98-75-61(103)30-50(33-71(106)95-88(116)94-51-12-16-66(117-19-7-17-92-4)67(34-51)118-20-8-18-93-5)84(113)96-73-49-31-68(119-64-14-10-45(77(75)107)28-57(64)89)82(122-87-81(111)80(110)79(109)70(39-91)121-87)69(32-49)120-65-15-11-46(29-58(65)90)78(108)76-86(115)97-74(63(105)37-53-47-23-41-22-42(25-47)26-48(53)24-41)56-35-52(100)36-60(102)72(56)55-27-44(9-13-59(55)101)54(38-62(73)104)85(114)99-76/h9-16,27-29,31-32,34-36,40-43,47-48,50,53-54,70,73-81,87,92-93,100-102,107-111H,6-8,17-26,30,33,37-39,91H2,1-5H3,(H,96,113)(H,97,115)(H,98,112)(H,99,114)(H2,94,95,106,116)/t41?,42?,43-,47?,48?,50+,53?,54-,70-,73-,74+,75+,76+,77-,78-,79-,80+,81-,87+/m1/s1. The summed E-state index contributed by atoms with van der Waals surface area (Å²) in [6.07, 6.45) is -10.2. The van der Waals surface area contributed by atoms with Crippen LogP contribution in [0.25, 0.3) is 11.1 Å². The molecular weight excluding hydrogens is 1620 g/mol. The van der Waals surface area contributed by atoms with E-state index in [-0.39, 0.29) is 115 Å². The van der Waals surface area contributed by atoms with Crippen LogP contribution in [0.1, 0.15) is 162 Å². The number of fused-ring (bicyclic) bond motifs is 15. The molecule has 0 unspecified atom stereocenters. The molecule has 0 spiro atoms. The zero-order valence-electron chi connectivity index (χ0n) is 68.0. The topological polar surface area (TPSA) is 493 Å². The van der Waals surface area contributed by atoms with Gasteiger partial charge in [0.15, 0.2) is 40.3 Å². The summed E-state index contributed by atoms with van der Waals surface area (Å²) in [4.78, 5) is 139. The van der Waals surface area contributed by atoms with E-state index in [0.29, 0.717) is 56.5 Å². The van der Waals surface area contributed by atoms with Crippen LogP contribution in [0.15, 0.2) is 97.1 Å². The third kappa shape index (κ3) is 20.2. The van der Waals surface area contributed by atoms with E-state index in [0.717, 1.165) is 62.4 Å². The number of rotatable bonds is 24. The fourth-order valence-corrected chi connectivity index (χ4v) is 18.7. The molecule has 18 N–H and O–H groups in total. The van der Waals surface area contributed by atoms with E-state index in [2.05, 4.69) is 42.5 Å². The van der Waals surface area contributed by atoms with E-state index in [9.17, 15) is 55.2 Å². The number of Topliss-reactive ketones (excluding diaryl/α,β-unsaturated/α-hetero) is 3. The van der Waals surface area contributed by atoms with Gasteiger partial charge in [0.25, 0.3) is 0 Å². The van der Waals surface area contributed by atoms with Crippen LogP contribution in [0.2, 0.25) is 10.0 Å². The summed E-state index contributed by atoms with van der Waals surface area (Å²) < 4.78 is 38.0. The van der Waals surface area contributed by atoms with Gasteiger partial charge in [-0.3, -0.25) is 43.7 Å². The number of amides is 7. The lowest BCUT2D eigenvalue weighted by atomic mass is 9.51. The van der Waals surface area contributed by atoms with E-state index in [1.165, 1.54) is 60.7 Å². The van der Waals surface area contributed by atoms with Crippen molar-refractivity contribution in [2.45, 2.75) is 177 Å². The van der Waals surface area contributed by atoms with Crippen molar-refractivity contribution in [1.29, 1.82) is 0 Å². The molecule has 4 aliphatic carbocycles. The van der Waals surface area contributed by atoms with Crippen molar-refractivity contribution in [3.63, 3.8) is 0 Å². The van der Waals surface area contributed by atoms with Crippen molar-refractivity contribution < 1.29 is 112 Å². The maximum atomic E-state index is 16.7. The lowest BCUT2D eigenvalue weighted by Gasteiger charge is -2.54. The predicted octanol–water partition coefficient (Wildman–Crippen LogP) is 8.04. The number of ether oxygens (including phenoxy) is 6. The monoisotopic (exact) mass is 1730 g/mol. The number of urea groups is 1. The Morgan fingerprint density at radius 2 is 1.26 bits per heavy atom. The molecule has 14 atom stereocenters. The van der Waals surface area contributed by atoms with Crippen LogP contribution in [-0.4, -0.2) is 184 Å². The van der Waals surface area contributed by atoms with Gasteiger partial charge >= 0.3 is 6.03 Å². The zero-order chi connectivity index (χ0) is 87.2. The minimum absolute atomic E-state index is 0.0467. The quantitative estimate of drug-likeness (QED) is 0.0255. The van der Waals surface area contributed by atoms with E-state index in [1.807, 2.05) is 13.8 Å². The van der Waals surface area contributed by atoms with Crippen LogP contribution in [0, 0.1) is 47.3 Å². The second-order valence-corrected chi connectivity index (χ2v) is 34.1. The third-order valence-corrected chi connectivity index (χ3v) is 24.9. The van der Waals surface area contributed by atoms with Gasteiger partial charge in [-0.05, 0) is 215 Å². The predicted molar refractivity (Wildman–Crippen MR) is 443 cm³/mol. The fourth-order valence-electron chi connectivity index (χ4n) is 18.3. The first-order valence-corrected chi connectivity index (χ1v) is 42.2. The summed E-state index contributed by atoms with van der Waals surface area (Å²) in [6, 6.07) is 10.6. The Kier molecular flexibility index (Phi) is 28.7. The maximum Gasteiger partial charge on any atom is 0.325 e. The Morgan fingerprint density at radius 3 is 1.88 bits per heavy atom. The van der Waals surface area contributed by atoms with Gasteiger partial charge in [0.1, 0.15) is 89.5 Å².